The molecule has 0 saturated heterocycles. The lowest BCUT2D eigenvalue weighted by atomic mass is 10.0. The van der Waals surface area contributed by atoms with Crippen molar-refractivity contribution in [2.45, 2.75) is 20.0 Å². The van der Waals surface area contributed by atoms with E-state index in [0.717, 1.165) is 17.7 Å². The molecule has 0 amide bonds. The zero-order valence-electron chi connectivity index (χ0n) is 11.3. The molecular formula is C17H17NO. The van der Waals surface area contributed by atoms with E-state index < -0.39 is 0 Å². The molecule has 0 heterocycles. The van der Waals surface area contributed by atoms with Crippen LogP contribution in [-0.2, 0) is 4.74 Å². The van der Waals surface area contributed by atoms with Crippen molar-refractivity contribution < 1.29 is 4.74 Å². The molecule has 0 aliphatic rings. The van der Waals surface area contributed by atoms with Gasteiger partial charge in [-0.15, -0.1) is 0 Å². The van der Waals surface area contributed by atoms with E-state index in [1.165, 1.54) is 5.56 Å². The van der Waals surface area contributed by atoms with Crippen molar-refractivity contribution in [3.63, 3.8) is 0 Å². The highest BCUT2D eigenvalue weighted by atomic mass is 16.5. The van der Waals surface area contributed by atoms with E-state index >= 15 is 0 Å². The molecule has 0 fully saturated rings. The van der Waals surface area contributed by atoms with Crippen molar-refractivity contribution in [2.24, 2.45) is 0 Å². The molecule has 0 saturated carbocycles. The van der Waals surface area contributed by atoms with E-state index in [9.17, 15) is 0 Å². The minimum absolute atomic E-state index is 0.125. The van der Waals surface area contributed by atoms with Crippen LogP contribution in [0.2, 0.25) is 0 Å². The molecule has 96 valence electrons. The second kappa shape index (κ2) is 6.17. The first kappa shape index (κ1) is 13.3. The molecule has 0 aliphatic heterocycles. The lowest BCUT2D eigenvalue weighted by molar-refractivity contribution is 0.0764. The molecule has 0 N–H and O–H groups in total. The molecule has 1 unspecified atom stereocenters. The lowest BCUT2D eigenvalue weighted by Crippen LogP contribution is -1.98. The van der Waals surface area contributed by atoms with Crippen molar-refractivity contribution in [3.8, 4) is 17.2 Å². The Balaban J connectivity index is 2.20. The second-order valence-corrected chi connectivity index (χ2v) is 4.41. The molecule has 1 atom stereocenters. The largest absolute Gasteiger partial charge is 0.374 e. The molecule has 0 spiro atoms. The number of rotatable bonds is 4. The molecule has 2 nitrogen and oxygen atoms in total. The zero-order chi connectivity index (χ0) is 13.7. The summed E-state index contributed by atoms with van der Waals surface area (Å²) in [7, 11) is 0. The number of nitrogens with zero attached hydrogens (tertiary/aromatic N) is 1. The van der Waals surface area contributed by atoms with Crippen molar-refractivity contribution in [2.75, 3.05) is 6.61 Å². The molecule has 2 heteroatoms. The van der Waals surface area contributed by atoms with E-state index in [1.807, 2.05) is 31.2 Å². The minimum atomic E-state index is 0.125. The lowest BCUT2D eigenvalue weighted by Gasteiger charge is -2.12. The predicted molar refractivity (Wildman–Crippen MR) is 76.6 cm³/mol. The van der Waals surface area contributed by atoms with Gasteiger partial charge in [-0.2, -0.15) is 5.26 Å². The average molecular weight is 251 g/mol. The highest BCUT2D eigenvalue weighted by Gasteiger charge is 2.05. The summed E-state index contributed by atoms with van der Waals surface area (Å²) in [5.74, 6) is 0. The van der Waals surface area contributed by atoms with Crippen molar-refractivity contribution >= 4 is 0 Å². The summed E-state index contributed by atoms with van der Waals surface area (Å²) in [4.78, 5) is 0. The maximum atomic E-state index is 8.78. The zero-order valence-corrected chi connectivity index (χ0v) is 11.3. The van der Waals surface area contributed by atoms with Crippen LogP contribution in [0.4, 0.5) is 0 Å². The van der Waals surface area contributed by atoms with Gasteiger partial charge in [0.1, 0.15) is 0 Å². The van der Waals surface area contributed by atoms with Crippen molar-refractivity contribution in [3.05, 3.63) is 59.7 Å². The Morgan fingerprint density at radius 3 is 2.00 bits per heavy atom. The number of nitriles is 1. The van der Waals surface area contributed by atoms with E-state index in [4.69, 9.17) is 10.00 Å². The quantitative estimate of drug-likeness (QED) is 0.810. The third-order valence-electron chi connectivity index (χ3n) is 3.14. The molecule has 0 bridgehead atoms. The summed E-state index contributed by atoms with van der Waals surface area (Å²) in [6.45, 7) is 4.78. The fourth-order valence-electron chi connectivity index (χ4n) is 2.03. The maximum absolute atomic E-state index is 8.78. The van der Waals surface area contributed by atoms with Crippen LogP contribution >= 0.6 is 0 Å². The first-order chi connectivity index (χ1) is 9.24. The van der Waals surface area contributed by atoms with Gasteiger partial charge in [-0.3, -0.25) is 0 Å². The van der Waals surface area contributed by atoms with E-state index in [-0.39, 0.29) is 6.10 Å². The van der Waals surface area contributed by atoms with Gasteiger partial charge in [-0.25, -0.2) is 0 Å². The van der Waals surface area contributed by atoms with E-state index in [1.54, 1.807) is 0 Å². The fourth-order valence-corrected chi connectivity index (χ4v) is 2.03. The Labute approximate surface area is 114 Å². The summed E-state index contributed by atoms with van der Waals surface area (Å²) in [6, 6.07) is 18.1. The summed E-state index contributed by atoms with van der Waals surface area (Å²) >= 11 is 0. The molecule has 2 rings (SSSR count). The normalized spacial score (nSPS) is 11.8. The van der Waals surface area contributed by atoms with Crippen LogP contribution in [0.3, 0.4) is 0 Å². The Kier molecular flexibility index (Phi) is 4.33. The minimum Gasteiger partial charge on any atom is -0.374 e. The molecule has 0 radical (unpaired) electrons. The standard InChI is InChI=1S/C17H17NO/c1-3-19-13(2)15-8-10-17(11-9-15)16-6-4-14(12-18)5-7-16/h4-11,13H,3H2,1-2H3. The van der Waals surface area contributed by atoms with Gasteiger partial charge in [0.2, 0.25) is 0 Å². The van der Waals surface area contributed by atoms with Gasteiger partial charge in [0.05, 0.1) is 17.7 Å². The average Bonchev–Trinajstić information content (AvgIpc) is 2.48. The number of benzene rings is 2. The van der Waals surface area contributed by atoms with Crippen LogP contribution < -0.4 is 0 Å². The molecule has 0 aromatic heterocycles. The van der Waals surface area contributed by atoms with Gasteiger partial charge >= 0.3 is 0 Å². The third-order valence-corrected chi connectivity index (χ3v) is 3.14. The Bertz CT molecular complexity index is 564. The third kappa shape index (κ3) is 3.21. The number of hydrogen-bond donors (Lipinski definition) is 0. The topological polar surface area (TPSA) is 33.0 Å². The summed E-state index contributed by atoms with van der Waals surface area (Å²) in [6.07, 6.45) is 0.125. The van der Waals surface area contributed by atoms with Crippen LogP contribution in [0.1, 0.15) is 31.1 Å². The highest BCUT2D eigenvalue weighted by molar-refractivity contribution is 5.64. The smallest absolute Gasteiger partial charge is 0.0991 e. The molecule has 19 heavy (non-hydrogen) atoms. The van der Waals surface area contributed by atoms with Crippen molar-refractivity contribution in [1.82, 2.24) is 0 Å². The summed E-state index contributed by atoms with van der Waals surface area (Å²) in [5.41, 5.74) is 4.14. The highest BCUT2D eigenvalue weighted by Crippen LogP contribution is 2.23. The van der Waals surface area contributed by atoms with Gasteiger partial charge in [0.25, 0.3) is 0 Å². The first-order valence-corrected chi connectivity index (χ1v) is 6.46. The molecule has 2 aromatic carbocycles. The van der Waals surface area contributed by atoms with Crippen LogP contribution in [0.25, 0.3) is 11.1 Å². The van der Waals surface area contributed by atoms with Crippen LogP contribution in [-0.4, -0.2) is 6.61 Å². The van der Waals surface area contributed by atoms with Crippen LogP contribution in [0.5, 0.6) is 0 Å². The van der Waals surface area contributed by atoms with Gasteiger partial charge in [-0.05, 0) is 42.7 Å². The Morgan fingerprint density at radius 2 is 1.53 bits per heavy atom. The number of hydrogen-bond acceptors (Lipinski definition) is 2. The van der Waals surface area contributed by atoms with Gasteiger partial charge in [-0.1, -0.05) is 36.4 Å². The van der Waals surface area contributed by atoms with Crippen LogP contribution in [0.15, 0.2) is 48.5 Å². The SMILES string of the molecule is CCOC(C)c1ccc(-c2ccc(C#N)cc2)cc1. The van der Waals surface area contributed by atoms with Crippen molar-refractivity contribution in [1.29, 1.82) is 5.26 Å². The first-order valence-electron chi connectivity index (χ1n) is 6.46. The Hall–Kier alpha value is -2.11. The second-order valence-electron chi connectivity index (χ2n) is 4.41. The maximum Gasteiger partial charge on any atom is 0.0991 e. The van der Waals surface area contributed by atoms with E-state index in [2.05, 4.69) is 37.3 Å². The Morgan fingerprint density at radius 1 is 1.00 bits per heavy atom. The summed E-state index contributed by atoms with van der Waals surface area (Å²) in [5, 5.41) is 8.78. The van der Waals surface area contributed by atoms with E-state index in [0.29, 0.717) is 5.56 Å². The molecular weight excluding hydrogens is 234 g/mol. The van der Waals surface area contributed by atoms with Gasteiger partial charge in [0, 0.05) is 6.61 Å². The summed E-state index contributed by atoms with van der Waals surface area (Å²) < 4.78 is 5.57. The van der Waals surface area contributed by atoms with Crippen LogP contribution in [0, 0.1) is 11.3 Å². The predicted octanol–water partition coefficient (Wildman–Crippen LogP) is 4.32. The van der Waals surface area contributed by atoms with Gasteiger partial charge in [0.15, 0.2) is 0 Å². The molecule has 2 aromatic rings. The fraction of sp³-hybridized carbons (Fsp3) is 0.235. The van der Waals surface area contributed by atoms with Gasteiger partial charge < -0.3 is 4.74 Å². The molecule has 0 aliphatic carbocycles. The number of ether oxygens (including phenoxy) is 1. The monoisotopic (exact) mass is 251 g/mol.